The van der Waals surface area contributed by atoms with Crippen molar-refractivity contribution in [1.29, 1.82) is 0 Å². The van der Waals surface area contributed by atoms with Crippen molar-refractivity contribution < 1.29 is 18.3 Å². The summed E-state index contributed by atoms with van der Waals surface area (Å²) in [5.74, 6) is 0. The largest absolute Gasteiger partial charge is 0.418 e. The maximum absolute atomic E-state index is 12.3. The number of aryl methyl sites for hydroxylation is 2. The zero-order valence-corrected chi connectivity index (χ0v) is 8.82. The van der Waals surface area contributed by atoms with Crippen LogP contribution in [0, 0.1) is 13.8 Å². The molecule has 1 aromatic heterocycles. The van der Waals surface area contributed by atoms with Gasteiger partial charge in [-0.15, -0.1) is 0 Å². The first-order valence-electron chi connectivity index (χ1n) is 4.12. The fourth-order valence-electron chi connectivity index (χ4n) is 1.29. The second kappa shape index (κ2) is 3.98. The van der Waals surface area contributed by atoms with Crippen LogP contribution in [0.25, 0.3) is 0 Å². The van der Waals surface area contributed by atoms with Gasteiger partial charge in [0.25, 0.3) is 0 Å². The third-order valence-electron chi connectivity index (χ3n) is 1.93. The molecular weight excluding hydrogens is 231 g/mol. The molecular formula is C9H9ClF3NO. The van der Waals surface area contributed by atoms with E-state index in [0.29, 0.717) is 5.69 Å². The van der Waals surface area contributed by atoms with Gasteiger partial charge in [0.05, 0.1) is 0 Å². The zero-order valence-electron chi connectivity index (χ0n) is 8.06. The van der Waals surface area contributed by atoms with Crippen molar-refractivity contribution in [3.8, 4) is 0 Å². The van der Waals surface area contributed by atoms with E-state index in [4.69, 9.17) is 16.7 Å². The summed E-state index contributed by atoms with van der Waals surface area (Å²) in [6.07, 6.45) is -7.32. The Morgan fingerprint density at radius 1 is 1.40 bits per heavy atom. The van der Waals surface area contributed by atoms with Crippen molar-refractivity contribution in [2.24, 2.45) is 0 Å². The van der Waals surface area contributed by atoms with E-state index in [0.717, 1.165) is 0 Å². The molecule has 6 heteroatoms. The lowest BCUT2D eigenvalue weighted by Crippen LogP contribution is -2.22. The number of hydrogen-bond donors (Lipinski definition) is 1. The number of aliphatic hydroxyl groups is 1. The minimum Gasteiger partial charge on any atom is -0.379 e. The third kappa shape index (κ3) is 2.60. The summed E-state index contributed by atoms with van der Waals surface area (Å²) < 4.78 is 36.8. The van der Waals surface area contributed by atoms with Crippen LogP contribution in [0.1, 0.15) is 22.9 Å². The lowest BCUT2D eigenvalue weighted by Gasteiger charge is -2.18. The topological polar surface area (TPSA) is 33.1 Å². The number of aromatic nitrogens is 1. The lowest BCUT2D eigenvalue weighted by atomic mass is 10.1. The van der Waals surface area contributed by atoms with Gasteiger partial charge in [0.2, 0.25) is 0 Å². The number of pyridine rings is 1. The molecule has 1 rings (SSSR count). The minimum atomic E-state index is -4.73. The molecule has 0 unspecified atom stereocenters. The molecule has 0 fully saturated rings. The average molecular weight is 240 g/mol. The van der Waals surface area contributed by atoms with E-state index in [1.807, 2.05) is 0 Å². The standard InChI is InChI=1S/C9H9ClF3NO/c1-4-3-5(2)14-8(10)6(4)7(15)9(11,12)13/h3,7,15H,1-2H3/t7-/m0/s1. The lowest BCUT2D eigenvalue weighted by molar-refractivity contribution is -0.207. The molecule has 84 valence electrons. The monoisotopic (exact) mass is 239 g/mol. The Hall–Kier alpha value is -0.810. The fourth-order valence-corrected chi connectivity index (χ4v) is 1.68. The summed E-state index contributed by atoms with van der Waals surface area (Å²) in [5.41, 5.74) is 0.405. The first-order chi connectivity index (χ1) is 6.73. The SMILES string of the molecule is Cc1cc(C)c([C@H](O)C(F)(F)F)c(Cl)n1. The van der Waals surface area contributed by atoms with Crippen molar-refractivity contribution in [3.63, 3.8) is 0 Å². The summed E-state index contributed by atoms with van der Waals surface area (Å²) >= 11 is 5.56. The second-order valence-corrected chi connectivity index (χ2v) is 3.59. The molecule has 15 heavy (non-hydrogen) atoms. The van der Waals surface area contributed by atoms with E-state index in [9.17, 15) is 13.2 Å². The van der Waals surface area contributed by atoms with Gasteiger partial charge >= 0.3 is 6.18 Å². The highest BCUT2D eigenvalue weighted by molar-refractivity contribution is 6.30. The Bertz CT molecular complexity index is 355. The van der Waals surface area contributed by atoms with E-state index in [1.54, 1.807) is 6.92 Å². The molecule has 0 saturated heterocycles. The highest BCUT2D eigenvalue weighted by Crippen LogP contribution is 2.37. The van der Waals surface area contributed by atoms with Gasteiger partial charge < -0.3 is 5.11 Å². The minimum absolute atomic E-state index is 0.275. The maximum atomic E-state index is 12.3. The van der Waals surface area contributed by atoms with Crippen molar-refractivity contribution in [2.75, 3.05) is 0 Å². The highest BCUT2D eigenvalue weighted by atomic mass is 35.5. The average Bonchev–Trinajstić information content (AvgIpc) is 1.99. The summed E-state index contributed by atoms with van der Waals surface area (Å²) in [4.78, 5) is 3.67. The third-order valence-corrected chi connectivity index (χ3v) is 2.22. The molecule has 0 aliphatic heterocycles. The summed E-state index contributed by atoms with van der Waals surface area (Å²) in [6.45, 7) is 3.06. The van der Waals surface area contributed by atoms with Gasteiger partial charge in [-0.3, -0.25) is 0 Å². The molecule has 0 aliphatic rings. The van der Waals surface area contributed by atoms with E-state index in [-0.39, 0.29) is 16.3 Å². The van der Waals surface area contributed by atoms with Gasteiger partial charge in [-0.05, 0) is 25.5 Å². The van der Waals surface area contributed by atoms with Crippen LogP contribution in [0.15, 0.2) is 6.07 Å². The first kappa shape index (κ1) is 12.3. The Kier molecular flexibility index (Phi) is 3.25. The molecule has 1 N–H and O–H groups in total. The quantitative estimate of drug-likeness (QED) is 0.765. The Morgan fingerprint density at radius 2 is 1.93 bits per heavy atom. The molecule has 0 bridgehead atoms. The molecule has 0 aliphatic carbocycles. The maximum Gasteiger partial charge on any atom is 0.418 e. The Balaban J connectivity index is 3.26. The van der Waals surface area contributed by atoms with Crippen LogP contribution >= 0.6 is 11.6 Å². The van der Waals surface area contributed by atoms with Gasteiger partial charge in [-0.1, -0.05) is 11.6 Å². The molecule has 1 atom stereocenters. The molecule has 0 aromatic carbocycles. The molecule has 0 radical (unpaired) electrons. The summed E-state index contributed by atoms with van der Waals surface area (Å²) in [7, 11) is 0. The molecule has 0 amide bonds. The number of rotatable bonds is 1. The zero-order chi connectivity index (χ0) is 11.8. The molecule has 0 spiro atoms. The van der Waals surface area contributed by atoms with E-state index >= 15 is 0 Å². The van der Waals surface area contributed by atoms with Gasteiger partial charge in [-0.25, -0.2) is 4.98 Å². The van der Waals surface area contributed by atoms with Crippen LogP contribution < -0.4 is 0 Å². The van der Waals surface area contributed by atoms with Crippen LogP contribution in [0.3, 0.4) is 0 Å². The van der Waals surface area contributed by atoms with Crippen LogP contribution in [0.2, 0.25) is 5.15 Å². The second-order valence-electron chi connectivity index (χ2n) is 3.23. The smallest absolute Gasteiger partial charge is 0.379 e. The van der Waals surface area contributed by atoms with Crippen molar-refractivity contribution in [2.45, 2.75) is 26.1 Å². The number of nitrogens with zero attached hydrogens (tertiary/aromatic N) is 1. The predicted octanol–water partition coefficient (Wildman–Crippen LogP) is 2.95. The van der Waals surface area contributed by atoms with Gasteiger partial charge in [0, 0.05) is 11.3 Å². The predicted molar refractivity (Wildman–Crippen MR) is 49.7 cm³/mol. The number of alkyl halides is 3. The van der Waals surface area contributed by atoms with Crippen molar-refractivity contribution in [3.05, 3.63) is 28.0 Å². The molecule has 1 heterocycles. The fraction of sp³-hybridized carbons (Fsp3) is 0.444. The highest BCUT2D eigenvalue weighted by Gasteiger charge is 2.41. The van der Waals surface area contributed by atoms with Crippen LogP contribution in [0.4, 0.5) is 13.2 Å². The van der Waals surface area contributed by atoms with Gasteiger partial charge in [-0.2, -0.15) is 13.2 Å². The summed E-state index contributed by atoms with van der Waals surface area (Å²) in [5, 5.41) is 8.75. The van der Waals surface area contributed by atoms with Gasteiger partial charge in [0.1, 0.15) is 5.15 Å². The van der Waals surface area contributed by atoms with E-state index in [1.165, 1.54) is 13.0 Å². The number of aliphatic hydroxyl groups excluding tert-OH is 1. The van der Waals surface area contributed by atoms with Crippen molar-refractivity contribution >= 4 is 11.6 Å². The molecule has 1 aromatic rings. The van der Waals surface area contributed by atoms with Crippen LogP contribution in [-0.2, 0) is 0 Å². The molecule has 0 saturated carbocycles. The first-order valence-corrected chi connectivity index (χ1v) is 4.49. The number of hydrogen-bond acceptors (Lipinski definition) is 2. The van der Waals surface area contributed by atoms with Crippen LogP contribution in [-0.4, -0.2) is 16.3 Å². The molecule has 2 nitrogen and oxygen atoms in total. The summed E-state index contributed by atoms with van der Waals surface area (Å²) in [6, 6.07) is 1.44. The van der Waals surface area contributed by atoms with E-state index < -0.39 is 12.3 Å². The van der Waals surface area contributed by atoms with Crippen LogP contribution in [0.5, 0.6) is 0 Å². The Labute approximate surface area is 89.7 Å². The normalized spacial score (nSPS) is 14.1. The van der Waals surface area contributed by atoms with E-state index in [2.05, 4.69) is 4.98 Å². The van der Waals surface area contributed by atoms with Gasteiger partial charge in [0.15, 0.2) is 6.10 Å². The number of halogens is 4. The van der Waals surface area contributed by atoms with Crippen molar-refractivity contribution in [1.82, 2.24) is 4.98 Å². The Morgan fingerprint density at radius 3 is 2.33 bits per heavy atom.